The fourth-order valence-electron chi connectivity index (χ4n) is 2.09. The molecule has 1 amide bonds. The third-order valence-electron chi connectivity index (χ3n) is 3.06. The molecule has 8 heteroatoms. The minimum absolute atomic E-state index is 0.0286. The van der Waals surface area contributed by atoms with Crippen molar-refractivity contribution in [2.24, 2.45) is 0 Å². The van der Waals surface area contributed by atoms with Gasteiger partial charge in [0.05, 0.1) is 0 Å². The predicted octanol–water partition coefficient (Wildman–Crippen LogP) is 3.59. The van der Waals surface area contributed by atoms with Crippen LogP contribution in [0.2, 0.25) is 0 Å². The first-order valence-corrected chi connectivity index (χ1v) is 7.80. The molecule has 1 atom stereocenters. The van der Waals surface area contributed by atoms with Gasteiger partial charge in [-0.15, -0.1) is 0 Å². The molecule has 0 saturated carbocycles. The zero-order chi connectivity index (χ0) is 19.0. The highest BCUT2D eigenvalue weighted by atomic mass is 19.3. The van der Waals surface area contributed by atoms with Gasteiger partial charge in [0.1, 0.15) is 11.4 Å². The Kier molecular flexibility index (Phi) is 7.60. The Morgan fingerprint density at radius 1 is 1.20 bits per heavy atom. The second kappa shape index (κ2) is 9.19. The molecule has 1 unspecified atom stereocenters. The van der Waals surface area contributed by atoms with Crippen LogP contribution in [0.15, 0.2) is 24.3 Å². The van der Waals surface area contributed by atoms with Gasteiger partial charge < -0.3 is 19.9 Å². The smallest absolute Gasteiger partial charge is 0.407 e. The quantitative estimate of drug-likeness (QED) is 0.741. The Labute approximate surface area is 145 Å². The van der Waals surface area contributed by atoms with Crippen LogP contribution in [0.1, 0.15) is 39.2 Å². The Hall–Kier alpha value is -2.38. The molecular formula is C17H23F2NO5. The molecule has 0 heterocycles. The van der Waals surface area contributed by atoms with Crippen LogP contribution in [-0.4, -0.2) is 35.4 Å². The molecule has 0 bridgehead atoms. The highest BCUT2D eigenvalue weighted by Gasteiger charge is 2.20. The number of aliphatic carboxylic acids is 1. The molecule has 6 nitrogen and oxygen atoms in total. The SMILES string of the molecule is CC(C)(C)OC(=O)NC(CCC(=O)O)Cc1ccc(OC(F)F)cc1. The van der Waals surface area contributed by atoms with Gasteiger partial charge in [-0.2, -0.15) is 8.78 Å². The van der Waals surface area contributed by atoms with Crippen LogP contribution >= 0.6 is 0 Å². The minimum Gasteiger partial charge on any atom is -0.481 e. The van der Waals surface area contributed by atoms with E-state index in [2.05, 4.69) is 10.1 Å². The van der Waals surface area contributed by atoms with Crippen molar-refractivity contribution in [1.29, 1.82) is 0 Å². The second-order valence-electron chi connectivity index (χ2n) is 6.50. The fraction of sp³-hybridized carbons (Fsp3) is 0.529. The highest BCUT2D eigenvalue weighted by Crippen LogP contribution is 2.17. The van der Waals surface area contributed by atoms with Gasteiger partial charge >= 0.3 is 18.7 Å². The molecule has 0 saturated heterocycles. The van der Waals surface area contributed by atoms with E-state index in [1.165, 1.54) is 12.1 Å². The van der Waals surface area contributed by atoms with Crippen molar-refractivity contribution in [3.63, 3.8) is 0 Å². The lowest BCUT2D eigenvalue weighted by Crippen LogP contribution is -2.40. The molecule has 25 heavy (non-hydrogen) atoms. The van der Waals surface area contributed by atoms with Crippen molar-refractivity contribution in [2.75, 3.05) is 0 Å². The van der Waals surface area contributed by atoms with Crippen molar-refractivity contribution in [3.8, 4) is 5.75 Å². The average Bonchev–Trinajstić information content (AvgIpc) is 2.44. The number of carboxylic acids is 1. The van der Waals surface area contributed by atoms with Crippen LogP contribution in [0.5, 0.6) is 5.75 Å². The van der Waals surface area contributed by atoms with Gasteiger partial charge in [0.2, 0.25) is 0 Å². The van der Waals surface area contributed by atoms with Gasteiger partial charge in [-0.3, -0.25) is 4.79 Å². The summed E-state index contributed by atoms with van der Waals surface area (Å²) in [5.41, 5.74) is 0.0726. The van der Waals surface area contributed by atoms with Crippen molar-refractivity contribution in [2.45, 2.75) is 58.3 Å². The maximum atomic E-state index is 12.1. The van der Waals surface area contributed by atoms with Crippen LogP contribution in [-0.2, 0) is 16.0 Å². The summed E-state index contributed by atoms with van der Waals surface area (Å²) < 4.78 is 33.7. The number of amides is 1. The summed E-state index contributed by atoms with van der Waals surface area (Å²) in [7, 11) is 0. The molecule has 2 N–H and O–H groups in total. The summed E-state index contributed by atoms with van der Waals surface area (Å²) in [5.74, 6) is -0.947. The standard InChI is InChI=1S/C17H23F2NO5/c1-17(2,3)25-16(23)20-12(6-9-14(21)22)10-11-4-7-13(8-5-11)24-15(18)19/h4-5,7-8,12,15H,6,9-10H2,1-3H3,(H,20,23)(H,21,22). The first-order chi connectivity index (χ1) is 11.5. The Balaban J connectivity index is 2.72. The predicted molar refractivity (Wildman–Crippen MR) is 86.8 cm³/mol. The van der Waals surface area contributed by atoms with E-state index >= 15 is 0 Å². The number of carboxylic acid groups (broad SMARTS) is 1. The molecule has 1 rings (SSSR count). The van der Waals surface area contributed by atoms with Gasteiger partial charge in [-0.1, -0.05) is 12.1 Å². The number of hydrogen-bond acceptors (Lipinski definition) is 4. The summed E-state index contributed by atoms with van der Waals surface area (Å²) in [4.78, 5) is 22.7. The molecule has 0 radical (unpaired) electrons. The van der Waals surface area contributed by atoms with E-state index in [-0.39, 0.29) is 18.6 Å². The molecule has 0 aliphatic heterocycles. The maximum absolute atomic E-state index is 12.1. The Morgan fingerprint density at radius 2 is 1.80 bits per heavy atom. The minimum atomic E-state index is -2.90. The van der Waals surface area contributed by atoms with E-state index in [1.807, 2.05) is 0 Å². The molecule has 0 aliphatic rings. The Morgan fingerprint density at radius 3 is 2.28 bits per heavy atom. The molecule has 140 valence electrons. The zero-order valence-electron chi connectivity index (χ0n) is 14.4. The highest BCUT2D eigenvalue weighted by molar-refractivity contribution is 5.69. The number of alkyl halides is 2. The summed E-state index contributed by atoms with van der Waals surface area (Å²) in [6, 6.07) is 5.49. The molecular weight excluding hydrogens is 336 g/mol. The first kappa shape index (κ1) is 20.7. The number of rotatable bonds is 8. The summed E-state index contributed by atoms with van der Waals surface area (Å²) in [5, 5.41) is 11.5. The summed E-state index contributed by atoms with van der Waals surface area (Å²) in [6.45, 7) is 2.27. The lowest BCUT2D eigenvalue weighted by atomic mass is 10.0. The van der Waals surface area contributed by atoms with Gasteiger partial charge in [0.15, 0.2) is 0 Å². The van der Waals surface area contributed by atoms with E-state index in [1.54, 1.807) is 32.9 Å². The molecule has 0 aliphatic carbocycles. The fourth-order valence-corrected chi connectivity index (χ4v) is 2.09. The Bertz CT molecular complexity index is 569. The summed E-state index contributed by atoms with van der Waals surface area (Å²) in [6.07, 6.45) is -0.209. The molecule has 0 fully saturated rings. The first-order valence-electron chi connectivity index (χ1n) is 7.80. The van der Waals surface area contributed by atoms with Gasteiger partial charge in [0, 0.05) is 12.5 Å². The molecule has 0 aromatic heterocycles. The van der Waals surface area contributed by atoms with Crippen molar-refractivity contribution >= 4 is 12.1 Å². The van der Waals surface area contributed by atoms with Crippen molar-refractivity contribution < 1.29 is 33.0 Å². The molecule has 0 spiro atoms. The monoisotopic (exact) mass is 359 g/mol. The maximum Gasteiger partial charge on any atom is 0.407 e. The second-order valence-corrected chi connectivity index (χ2v) is 6.50. The van der Waals surface area contributed by atoms with Crippen LogP contribution < -0.4 is 10.1 Å². The average molecular weight is 359 g/mol. The lowest BCUT2D eigenvalue weighted by molar-refractivity contribution is -0.137. The van der Waals surface area contributed by atoms with Gasteiger partial charge in [-0.05, 0) is 51.3 Å². The van der Waals surface area contributed by atoms with Crippen molar-refractivity contribution in [1.82, 2.24) is 5.32 Å². The van der Waals surface area contributed by atoms with Crippen molar-refractivity contribution in [3.05, 3.63) is 29.8 Å². The summed E-state index contributed by atoms with van der Waals surface area (Å²) >= 11 is 0. The molecule has 1 aromatic carbocycles. The third kappa shape index (κ3) is 9.49. The van der Waals surface area contributed by atoms with Gasteiger partial charge in [-0.25, -0.2) is 4.79 Å². The number of carbonyl (C=O) groups is 2. The number of alkyl carbamates (subject to hydrolysis) is 1. The number of hydrogen-bond donors (Lipinski definition) is 2. The van der Waals surface area contributed by atoms with E-state index < -0.39 is 30.3 Å². The number of nitrogens with one attached hydrogen (secondary N) is 1. The van der Waals surface area contributed by atoms with E-state index in [9.17, 15) is 18.4 Å². The van der Waals surface area contributed by atoms with E-state index in [4.69, 9.17) is 9.84 Å². The third-order valence-corrected chi connectivity index (χ3v) is 3.06. The largest absolute Gasteiger partial charge is 0.481 e. The van der Waals surface area contributed by atoms with E-state index in [0.29, 0.717) is 6.42 Å². The van der Waals surface area contributed by atoms with Crippen LogP contribution in [0.4, 0.5) is 13.6 Å². The van der Waals surface area contributed by atoms with Gasteiger partial charge in [0.25, 0.3) is 0 Å². The molecule has 1 aromatic rings. The number of ether oxygens (including phenoxy) is 2. The van der Waals surface area contributed by atoms with Crippen LogP contribution in [0.3, 0.4) is 0 Å². The lowest BCUT2D eigenvalue weighted by Gasteiger charge is -2.23. The van der Waals surface area contributed by atoms with Crippen LogP contribution in [0, 0.1) is 0 Å². The number of benzene rings is 1. The van der Waals surface area contributed by atoms with Crippen LogP contribution in [0.25, 0.3) is 0 Å². The normalized spacial score (nSPS) is 12.6. The van der Waals surface area contributed by atoms with E-state index in [0.717, 1.165) is 5.56 Å². The number of halogens is 2. The zero-order valence-corrected chi connectivity index (χ0v) is 14.4. The number of carbonyl (C=O) groups excluding carboxylic acids is 1. The topological polar surface area (TPSA) is 84.9 Å².